The summed E-state index contributed by atoms with van der Waals surface area (Å²) in [6, 6.07) is 8.84. The lowest BCUT2D eigenvalue weighted by Crippen LogP contribution is -2.33. The monoisotopic (exact) mass is 300 g/mol. The van der Waals surface area contributed by atoms with E-state index in [1.807, 2.05) is 0 Å². The summed E-state index contributed by atoms with van der Waals surface area (Å²) in [5.41, 5.74) is 1.26. The Balaban J connectivity index is 1.65. The molecule has 6 nitrogen and oxygen atoms in total. The lowest BCUT2D eigenvalue weighted by atomic mass is 9.95. The van der Waals surface area contributed by atoms with Gasteiger partial charge in [-0.3, -0.25) is 20.2 Å². The molecule has 1 aromatic heterocycles. The number of nitrogens with one attached hydrogen (secondary N) is 2. The van der Waals surface area contributed by atoms with Crippen LogP contribution >= 0.6 is 0 Å². The molecule has 116 valence electrons. The number of amides is 1. The van der Waals surface area contributed by atoms with Crippen LogP contribution in [0.15, 0.2) is 36.5 Å². The lowest BCUT2D eigenvalue weighted by Gasteiger charge is -2.30. The molecule has 1 saturated carbocycles. The summed E-state index contributed by atoms with van der Waals surface area (Å²) in [6.45, 7) is 0. The molecule has 22 heavy (non-hydrogen) atoms. The van der Waals surface area contributed by atoms with Gasteiger partial charge in [0.05, 0.1) is 17.9 Å². The highest BCUT2D eigenvalue weighted by atomic mass is 16.5. The van der Waals surface area contributed by atoms with Crippen LogP contribution in [0.3, 0.4) is 0 Å². The van der Waals surface area contributed by atoms with Gasteiger partial charge < -0.3 is 5.32 Å². The number of H-pyrrole nitrogens is 1. The Morgan fingerprint density at radius 1 is 1.18 bits per heavy atom. The molecule has 0 saturated heterocycles. The first-order chi connectivity index (χ1) is 10.7. The van der Waals surface area contributed by atoms with Crippen molar-refractivity contribution in [1.82, 2.24) is 10.2 Å². The van der Waals surface area contributed by atoms with Gasteiger partial charge in [-0.05, 0) is 37.1 Å². The number of rotatable bonds is 4. The predicted octanol–water partition coefficient (Wildman–Crippen LogP) is 3.19. The van der Waals surface area contributed by atoms with Crippen molar-refractivity contribution in [1.29, 1.82) is 0 Å². The largest absolute Gasteiger partial charge is 0.307 e. The van der Waals surface area contributed by atoms with Crippen LogP contribution < -0.4 is 10.4 Å². The van der Waals surface area contributed by atoms with Crippen molar-refractivity contribution < 1.29 is 10.0 Å². The molecule has 1 aliphatic rings. The fourth-order valence-corrected chi connectivity index (χ4v) is 2.82. The second-order valence-electron chi connectivity index (χ2n) is 5.61. The minimum atomic E-state index is -0.210. The number of hydrogen-bond donors (Lipinski definition) is 3. The maximum absolute atomic E-state index is 12.1. The fraction of sp³-hybridized carbons (Fsp3) is 0.375. The molecule has 0 spiro atoms. The van der Waals surface area contributed by atoms with Crippen LogP contribution in [0.5, 0.6) is 0 Å². The van der Waals surface area contributed by atoms with Crippen LogP contribution in [0.25, 0.3) is 0 Å². The maximum Gasteiger partial charge on any atom is 0.256 e. The van der Waals surface area contributed by atoms with E-state index in [2.05, 4.69) is 15.5 Å². The molecule has 1 aliphatic carbocycles. The summed E-state index contributed by atoms with van der Waals surface area (Å²) in [5.74, 6) is 0.345. The van der Waals surface area contributed by atoms with E-state index in [-0.39, 0.29) is 11.9 Å². The van der Waals surface area contributed by atoms with Gasteiger partial charge in [-0.25, -0.2) is 0 Å². The Bertz CT molecular complexity index is 604. The minimum absolute atomic E-state index is 0.179. The highest BCUT2D eigenvalue weighted by molar-refractivity contribution is 6.03. The molecule has 0 aliphatic heterocycles. The summed E-state index contributed by atoms with van der Waals surface area (Å²) in [6.07, 6.45) is 7.17. The van der Waals surface area contributed by atoms with Crippen molar-refractivity contribution >= 4 is 17.4 Å². The standard InChI is InChI=1S/C16H20N4O2/c21-16(18-15-10-11-17-19-15)12-6-8-14(9-7-12)20(22)13-4-2-1-3-5-13/h6-11,13,22H,1-5H2,(H2,17,18,19,21). The van der Waals surface area contributed by atoms with Crippen molar-refractivity contribution in [2.75, 3.05) is 10.4 Å². The Hall–Kier alpha value is -2.34. The highest BCUT2D eigenvalue weighted by Gasteiger charge is 2.20. The zero-order chi connectivity index (χ0) is 15.4. The molecule has 0 atom stereocenters. The van der Waals surface area contributed by atoms with E-state index in [0.717, 1.165) is 31.4 Å². The molecule has 3 rings (SSSR count). The lowest BCUT2D eigenvalue weighted by molar-refractivity contribution is 0.102. The molecule has 1 heterocycles. The Kier molecular flexibility index (Phi) is 4.39. The Morgan fingerprint density at radius 2 is 1.91 bits per heavy atom. The topological polar surface area (TPSA) is 81.2 Å². The van der Waals surface area contributed by atoms with Gasteiger partial charge in [-0.1, -0.05) is 19.3 Å². The first kappa shape index (κ1) is 14.6. The molecule has 3 N–H and O–H groups in total. The normalized spacial score (nSPS) is 15.5. The number of carbonyl (C=O) groups excluding carboxylic acids is 1. The van der Waals surface area contributed by atoms with Gasteiger partial charge in [0.25, 0.3) is 5.91 Å². The smallest absolute Gasteiger partial charge is 0.256 e. The summed E-state index contributed by atoms with van der Waals surface area (Å²) in [7, 11) is 0. The van der Waals surface area contributed by atoms with E-state index >= 15 is 0 Å². The molecular weight excluding hydrogens is 280 g/mol. The molecule has 1 amide bonds. The second-order valence-corrected chi connectivity index (χ2v) is 5.61. The Morgan fingerprint density at radius 3 is 2.55 bits per heavy atom. The van der Waals surface area contributed by atoms with Crippen LogP contribution in [0, 0.1) is 0 Å². The summed E-state index contributed by atoms with van der Waals surface area (Å²) >= 11 is 0. The second kappa shape index (κ2) is 6.62. The number of anilines is 2. The molecular formula is C16H20N4O2. The van der Waals surface area contributed by atoms with Gasteiger partial charge >= 0.3 is 0 Å². The average Bonchev–Trinajstić information content (AvgIpc) is 3.08. The van der Waals surface area contributed by atoms with E-state index in [9.17, 15) is 10.0 Å². The third kappa shape index (κ3) is 3.28. The third-order valence-corrected chi connectivity index (χ3v) is 4.06. The SMILES string of the molecule is O=C(Nc1ccn[nH]1)c1ccc(N(O)C2CCCCC2)cc1. The number of aromatic nitrogens is 2. The van der Waals surface area contributed by atoms with Gasteiger partial charge in [-0.15, -0.1) is 0 Å². The summed E-state index contributed by atoms with van der Waals surface area (Å²) < 4.78 is 0. The van der Waals surface area contributed by atoms with Crippen LogP contribution in [0.2, 0.25) is 0 Å². The van der Waals surface area contributed by atoms with Gasteiger partial charge in [0, 0.05) is 11.6 Å². The van der Waals surface area contributed by atoms with E-state index in [4.69, 9.17) is 0 Å². The summed E-state index contributed by atoms with van der Waals surface area (Å²) in [4.78, 5) is 12.1. The molecule has 2 aromatic rings. The van der Waals surface area contributed by atoms with Crippen LogP contribution in [0.4, 0.5) is 11.5 Å². The maximum atomic E-state index is 12.1. The first-order valence-corrected chi connectivity index (χ1v) is 7.63. The highest BCUT2D eigenvalue weighted by Crippen LogP contribution is 2.26. The number of aromatic amines is 1. The van der Waals surface area contributed by atoms with Gasteiger partial charge in [0.1, 0.15) is 5.82 Å². The van der Waals surface area contributed by atoms with Crippen LogP contribution in [0.1, 0.15) is 42.5 Å². The summed E-state index contributed by atoms with van der Waals surface area (Å²) in [5, 5.41) is 20.8. The van der Waals surface area contributed by atoms with Crippen molar-refractivity contribution in [3.05, 3.63) is 42.1 Å². The Labute approximate surface area is 129 Å². The van der Waals surface area contributed by atoms with Crippen molar-refractivity contribution in [2.24, 2.45) is 0 Å². The molecule has 6 heteroatoms. The number of nitrogens with zero attached hydrogens (tertiary/aromatic N) is 2. The van der Waals surface area contributed by atoms with Crippen molar-refractivity contribution in [3.8, 4) is 0 Å². The van der Waals surface area contributed by atoms with Gasteiger partial charge in [0.2, 0.25) is 0 Å². The number of hydrogen-bond acceptors (Lipinski definition) is 4. The van der Waals surface area contributed by atoms with Crippen molar-refractivity contribution in [2.45, 2.75) is 38.1 Å². The van der Waals surface area contributed by atoms with Crippen LogP contribution in [-0.2, 0) is 0 Å². The van der Waals surface area contributed by atoms with E-state index in [1.54, 1.807) is 36.5 Å². The number of hydroxylamine groups is 1. The van der Waals surface area contributed by atoms with E-state index in [1.165, 1.54) is 11.5 Å². The van der Waals surface area contributed by atoms with Gasteiger partial charge in [0.15, 0.2) is 0 Å². The molecule has 0 radical (unpaired) electrons. The fourth-order valence-electron chi connectivity index (χ4n) is 2.82. The van der Waals surface area contributed by atoms with E-state index in [0.29, 0.717) is 11.4 Å². The first-order valence-electron chi connectivity index (χ1n) is 7.63. The molecule has 0 unspecified atom stereocenters. The van der Waals surface area contributed by atoms with Gasteiger partial charge in [-0.2, -0.15) is 5.10 Å². The third-order valence-electron chi connectivity index (χ3n) is 4.06. The van der Waals surface area contributed by atoms with E-state index < -0.39 is 0 Å². The zero-order valence-electron chi connectivity index (χ0n) is 12.3. The molecule has 1 aromatic carbocycles. The van der Waals surface area contributed by atoms with Crippen molar-refractivity contribution in [3.63, 3.8) is 0 Å². The quantitative estimate of drug-likeness (QED) is 0.757. The predicted molar refractivity (Wildman–Crippen MR) is 84.1 cm³/mol. The number of benzene rings is 1. The minimum Gasteiger partial charge on any atom is -0.307 e. The molecule has 1 fully saturated rings. The number of carbonyl (C=O) groups is 1. The zero-order valence-corrected chi connectivity index (χ0v) is 12.3. The molecule has 0 bridgehead atoms. The van der Waals surface area contributed by atoms with Crippen LogP contribution in [-0.4, -0.2) is 27.4 Å². The average molecular weight is 300 g/mol.